The molecule has 1 aromatic carbocycles. The fourth-order valence-electron chi connectivity index (χ4n) is 2.68. The van der Waals surface area contributed by atoms with E-state index >= 15 is 0 Å². The molecule has 0 bridgehead atoms. The maximum atomic E-state index is 12.3. The number of benzene rings is 1. The van der Waals surface area contributed by atoms with E-state index < -0.39 is 0 Å². The molecule has 0 aliphatic carbocycles. The van der Waals surface area contributed by atoms with Gasteiger partial charge in [0, 0.05) is 36.6 Å². The largest absolute Gasteiger partial charge is 0.493 e. The molecule has 3 aromatic rings. The van der Waals surface area contributed by atoms with Gasteiger partial charge in [-0.05, 0) is 34.0 Å². The molecule has 2 amide bonds. The van der Waals surface area contributed by atoms with Crippen LogP contribution in [-0.2, 0) is 6.54 Å². The van der Waals surface area contributed by atoms with Crippen LogP contribution in [-0.4, -0.2) is 32.3 Å². The van der Waals surface area contributed by atoms with Crippen molar-refractivity contribution in [2.24, 2.45) is 0 Å². The van der Waals surface area contributed by atoms with Crippen molar-refractivity contribution in [3.8, 4) is 28.4 Å². The van der Waals surface area contributed by atoms with Crippen LogP contribution in [0.5, 0.6) is 17.2 Å². The molecular weight excluding hydrogens is 378 g/mol. The lowest BCUT2D eigenvalue weighted by Crippen LogP contribution is -2.28. The van der Waals surface area contributed by atoms with E-state index in [2.05, 4.69) is 21.0 Å². The van der Waals surface area contributed by atoms with Gasteiger partial charge in [-0.3, -0.25) is 4.98 Å². The zero-order valence-corrected chi connectivity index (χ0v) is 16.6. The van der Waals surface area contributed by atoms with Gasteiger partial charge in [0.2, 0.25) is 5.75 Å². The molecule has 0 spiro atoms. The number of aromatic nitrogens is 1. The molecule has 0 aliphatic heterocycles. The summed E-state index contributed by atoms with van der Waals surface area (Å²) >= 11 is 1.63. The number of carbonyl (C=O) groups excluding carboxylic acids is 1. The Bertz CT molecular complexity index is 919. The SMILES string of the molecule is COc1cc(NC(=O)NCc2cncc(-c3ccsc3)c2)cc(OC)c1OC. The summed E-state index contributed by atoms with van der Waals surface area (Å²) in [5.41, 5.74) is 3.56. The average molecular weight is 399 g/mol. The Hall–Kier alpha value is -3.26. The predicted molar refractivity (Wildman–Crippen MR) is 110 cm³/mol. The fraction of sp³-hybridized carbons (Fsp3) is 0.200. The van der Waals surface area contributed by atoms with Crippen LogP contribution < -0.4 is 24.8 Å². The molecule has 0 radical (unpaired) electrons. The number of thiophene rings is 1. The Kier molecular flexibility index (Phi) is 6.33. The number of nitrogens with zero attached hydrogens (tertiary/aromatic N) is 1. The molecule has 2 N–H and O–H groups in total. The Morgan fingerprint density at radius 3 is 2.39 bits per heavy atom. The van der Waals surface area contributed by atoms with Crippen LogP contribution in [0.3, 0.4) is 0 Å². The van der Waals surface area contributed by atoms with Gasteiger partial charge in [-0.1, -0.05) is 0 Å². The number of anilines is 1. The van der Waals surface area contributed by atoms with Gasteiger partial charge in [-0.2, -0.15) is 11.3 Å². The number of hydrogen-bond donors (Lipinski definition) is 2. The highest BCUT2D eigenvalue weighted by molar-refractivity contribution is 7.08. The first kappa shape index (κ1) is 19.5. The van der Waals surface area contributed by atoms with Crippen LogP contribution in [0.15, 0.2) is 47.4 Å². The zero-order valence-electron chi connectivity index (χ0n) is 15.8. The van der Waals surface area contributed by atoms with Crippen molar-refractivity contribution in [1.82, 2.24) is 10.3 Å². The summed E-state index contributed by atoms with van der Waals surface area (Å²) in [6, 6.07) is 7.03. The van der Waals surface area contributed by atoms with Crippen molar-refractivity contribution in [3.05, 3.63) is 53.0 Å². The molecular formula is C20H21N3O4S. The second-order valence-electron chi connectivity index (χ2n) is 5.82. The quantitative estimate of drug-likeness (QED) is 0.624. The number of nitrogens with one attached hydrogen (secondary N) is 2. The Morgan fingerprint density at radius 1 is 1.04 bits per heavy atom. The summed E-state index contributed by atoms with van der Waals surface area (Å²) in [7, 11) is 4.57. The minimum absolute atomic E-state index is 0.348. The smallest absolute Gasteiger partial charge is 0.319 e. The molecule has 2 heterocycles. The van der Waals surface area contributed by atoms with E-state index in [0.29, 0.717) is 29.5 Å². The highest BCUT2D eigenvalue weighted by atomic mass is 32.1. The molecule has 7 nitrogen and oxygen atoms in total. The molecule has 8 heteroatoms. The fourth-order valence-corrected chi connectivity index (χ4v) is 3.35. The van der Waals surface area contributed by atoms with E-state index in [1.165, 1.54) is 21.3 Å². The van der Waals surface area contributed by atoms with Gasteiger partial charge in [0.25, 0.3) is 0 Å². The van der Waals surface area contributed by atoms with E-state index in [1.807, 2.05) is 23.7 Å². The van der Waals surface area contributed by atoms with Crippen molar-refractivity contribution in [2.75, 3.05) is 26.6 Å². The Labute approximate surface area is 167 Å². The number of pyridine rings is 1. The molecule has 0 atom stereocenters. The minimum Gasteiger partial charge on any atom is -0.493 e. The third kappa shape index (κ3) is 4.52. The molecule has 0 saturated carbocycles. The number of rotatable bonds is 7. The lowest BCUT2D eigenvalue weighted by Gasteiger charge is -2.15. The first-order chi connectivity index (χ1) is 13.6. The summed E-state index contributed by atoms with van der Waals surface area (Å²) < 4.78 is 15.9. The summed E-state index contributed by atoms with van der Waals surface area (Å²) in [4.78, 5) is 16.6. The number of urea groups is 1. The first-order valence-corrected chi connectivity index (χ1v) is 9.40. The Balaban J connectivity index is 1.66. The highest BCUT2D eigenvalue weighted by Gasteiger charge is 2.14. The maximum Gasteiger partial charge on any atom is 0.319 e. The second kappa shape index (κ2) is 9.09. The van der Waals surface area contributed by atoms with Crippen molar-refractivity contribution < 1.29 is 19.0 Å². The normalized spacial score (nSPS) is 10.2. The van der Waals surface area contributed by atoms with Gasteiger partial charge < -0.3 is 24.8 Å². The van der Waals surface area contributed by atoms with E-state index in [-0.39, 0.29) is 6.03 Å². The number of methoxy groups -OCH3 is 3. The predicted octanol–water partition coefficient (Wildman–Crippen LogP) is 4.16. The van der Waals surface area contributed by atoms with E-state index in [4.69, 9.17) is 14.2 Å². The zero-order chi connectivity index (χ0) is 19.9. The number of hydrogen-bond acceptors (Lipinski definition) is 6. The molecule has 2 aromatic heterocycles. The second-order valence-corrected chi connectivity index (χ2v) is 6.60. The van der Waals surface area contributed by atoms with Crippen LogP contribution >= 0.6 is 11.3 Å². The van der Waals surface area contributed by atoms with Gasteiger partial charge in [0.1, 0.15) is 0 Å². The summed E-state index contributed by atoms with van der Waals surface area (Å²) in [6.07, 6.45) is 3.54. The van der Waals surface area contributed by atoms with Crippen molar-refractivity contribution >= 4 is 23.1 Å². The van der Waals surface area contributed by atoms with Gasteiger partial charge in [-0.15, -0.1) is 0 Å². The number of carbonyl (C=O) groups is 1. The number of ether oxygens (including phenoxy) is 3. The molecule has 0 aliphatic rings. The van der Waals surface area contributed by atoms with Gasteiger partial charge in [-0.25, -0.2) is 4.79 Å². The molecule has 3 rings (SSSR count). The molecule has 28 heavy (non-hydrogen) atoms. The highest BCUT2D eigenvalue weighted by Crippen LogP contribution is 2.39. The monoisotopic (exact) mass is 399 g/mol. The van der Waals surface area contributed by atoms with Gasteiger partial charge >= 0.3 is 6.03 Å². The molecule has 0 unspecified atom stereocenters. The summed E-state index contributed by atoms with van der Waals surface area (Å²) in [6.45, 7) is 0.348. The van der Waals surface area contributed by atoms with Crippen LogP contribution in [0.2, 0.25) is 0 Å². The standard InChI is InChI=1S/C20H21N3O4S/c1-25-17-7-16(8-18(26-2)19(17)27-3)23-20(24)22-10-13-6-15(11-21-9-13)14-4-5-28-12-14/h4-9,11-12H,10H2,1-3H3,(H2,22,23,24). The van der Waals surface area contributed by atoms with Crippen molar-refractivity contribution in [1.29, 1.82) is 0 Å². The van der Waals surface area contributed by atoms with Crippen LogP contribution in [0.4, 0.5) is 10.5 Å². The van der Waals surface area contributed by atoms with Gasteiger partial charge in [0.15, 0.2) is 11.5 Å². The third-order valence-electron chi connectivity index (χ3n) is 4.03. The van der Waals surface area contributed by atoms with E-state index in [0.717, 1.165) is 16.7 Å². The van der Waals surface area contributed by atoms with Crippen LogP contribution in [0, 0.1) is 0 Å². The lowest BCUT2D eigenvalue weighted by atomic mass is 10.1. The van der Waals surface area contributed by atoms with Crippen LogP contribution in [0.25, 0.3) is 11.1 Å². The third-order valence-corrected chi connectivity index (χ3v) is 4.71. The average Bonchev–Trinajstić information content (AvgIpc) is 3.26. The topological polar surface area (TPSA) is 81.7 Å². The van der Waals surface area contributed by atoms with E-state index in [9.17, 15) is 4.79 Å². The van der Waals surface area contributed by atoms with E-state index in [1.54, 1.807) is 29.7 Å². The number of amides is 2. The molecule has 0 saturated heterocycles. The molecule has 0 fully saturated rings. The van der Waals surface area contributed by atoms with Gasteiger partial charge in [0.05, 0.1) is 27.0 Å². The lowest BCUT2D eigenvalue weighted by molar-refractivity contribution is 0.251. The molecule has 146 valence electrons. The summed E-state index contributed by atoms with van der Waals surface area (Å²) in [5, 5.41) is 9.67. The minimum atomic E-state index is -0.352. The van der Waals surface area contributed by atoms with Crippen molar-refractivity contribution in [3.63, 3.8) is 0 Å². The summed E-state index contributed by atoms with van der Waals surface area (Å²) in [5.74, 6) is 1.39. The maximum absolute atomic E-state index is 12.3. The Morgan fingerprint density at radius 2 is 1.79 bits per heavy atom. The van der Waals surface area contributed by atoms with Crippen molar-refractivity contribution in [2.45, 2.75) is 6.54 Å². The first-order valence-electron chi connectivity index (χ1n) is 8.46. The van der Waals surface area contributed by atoms with Crippen LogP contribution in [0.1, 0.15) is 5.56 Å².